The van der Waals surface area contributed by atoms with Gasteiger partial charge in [-0.15, -0.1) is 11.3 Å². The molecule has 96 valence electrons. The molecule has 0 aliphatic rings. The van der Waals surface area contributed by atoms with E-state index in [4.69, 9.17) is 0 Å². The second kappa shape index (κ2) is 4.42. The molecule has 0 atom stereocenters. The lowest BCUT2D eigenvalue weighted by Crippen LogP contribution is -2.11. The van der Waals surface area contributed by atoms with Crippen molar-refractivity contribution in [3.63, 3.8) is 0 Å². The van der Waals surface area contributed by atoms with E-state index in [0.717, 1.165) is 16.2 Å². The van der Waals surface area contributed by atoms with Crippen molar-refractivity contribution in [1.82, 2.24) is 9.97 Å². The number of nitrogens with zero attached hydrogens (tertiary/aromatic N) is 2. The molecule has 0 N–H and O–H groups in total. The van der Waals surface area contributed by atoms with Gasteiger partial charge in [0, 0.05) is 6.20 Å². The molecule has 2 nitrogen and oxygen atoms in total. The molecule has 0 spiro atoms. The van der Waals surface area contributed by atoms with Gasteiger partial charge in [-0.25, -0.2) is 4.98 Å². The fraction of sp³-hybridized carbons (Fsp3) is 0.250. The fourth-order valence-corrected chi connectivity index (χ4v) is 2.93. The lowest BCUT2D eigenvalue weighted by atomic mass is 9.87. The number of pyridine rings is 1. The molecule has 0 aliphatic carbocycles. The first-order valence-corrected chi connectivity index (χ1v) is 7.18. The Morgan fingerprint density at radius 1 is 1.05 bits per heavy atom. The van der Waals surface area contributed by atoms with E-state index in [2.05, 4.69) is 48.9 Å². The van der Waals surface area contributed by atoms with Crippen LogP contribution in [0.5, 0.6) is 0 Å². The van der Waals surface area contributed by atoms with Crippen LogP contribution in [0.1, 0.15) is 26.3 Å². The average molecular weight is 268 g/mol. The SMILES string of the molecule is CC(C)(C)c1ccnc(-c2nc3ccccc3s2)c1. The highest BCUT2D eigenvalue weighted by molar-refractivity contribution is 7.21. The van der Waals surface area contributed by atoms with Gasteiger partial charge in [0.15, 0.2) is 0 Å². The van der Waals surface area contributed by atoms with Gasteiger partial charge in [0.05, 0.1) is 15.9 Å². The van der Waals surface area contributed by atoms with Crippen LogP contribution < -0.4 is 0 Å². The smallest absolute Gasteiger partial charge is 0.143 e. The number of thiazole rings is 1. The zero-order valence-electron chi connectivity index (χ0n) is 11.3. The second-order valence-electron chi connectivity index (χ2n) is 5.67. The molecule has 3 rings (SSSR count). The van der Waals surface area contributed by atoms with E-state index in [1.807, 2.05) is 24.4 Å². The van der Waals surface area contributed by atoms with E-state index >= 15 is 0 Å². The van der Waals surface area contributed by atoms with E-state index < -0.39 is 0 Å². The molecule has 19 heavy (non-hydrogen) atoms. The van der Waals surface area contributed by atoms with Crippen molar-refractivity contribution in [2.75, 3.05) is 0 Å². The first-order valence-electron chi connectivity index (χ1n) is 6.36. The molecule has 2 heterocycles. The van der Waals surface area contributed by atoms with Gasteiger partial charge < -0.3 is 0 Å². The number of fused-ring (bicyclic) bond motifs is 1. The summed E-state index contributed by atoms with van der Waals surface area (Å²) in [6.07, 6.45) is 1.88. The third kappa shape index (κ3) is 2.38. The van der Waals surface area contributed by atoms with Gasteiger partial charge in [0.1, 0.15) is 5.01 Å². The Labute approximate surface area is 117 Å². The van der Waals surface area contributed by atoms with Crippen LogP contribution in [0.4, 0.5) is 0 Å². The predicted octanol–water partition coefficient (Wildman–Crippen LogP) is 4.66. The van der Waals surface area contributed by atoms with E-state index in [-0.39, 0.29) is 5.41 Å². The normalized spacial score (nSPS) is 11.9. The van der Waals surface area contributed by atoms with Crippen molar-refractivity contribution in [3.8, 4) is 10.7 Å². The maximum absolute atomic E-state index is 4.66. The first-order chi connectivity index (χ1) is 9.04. The van der Waals surface area contributed by atoms with Gasteiger partial charge >= 0.3 is 0 Å². The van der Waals surface area contributed by atoms with Gasteiger partial charge in [-0.05, 0) is 35.2 Å². The Balaban J connectivity index is 2.11. The van der Waals surface area contributed by atoms with Crippen LogP contribution >= 0.6 is 11.3 Å². The molecule has 1 aromatic carbocycles. The number of hydrogen-bond donors (Lipinski definition) is 0. The molecule has 0 aliphatic heterocycles. The first kappa shape index (κ1) is 12.3. The van der Waals surface area contributed by atoms with Crippen LogP contribution in [0.2, 0.25) is 0 Å². The molecule has 0 unspecified atom stereocenters. The summed E-state index contributed by atoms with van der Waals surface area (Å²) in [5, 5.41) is 0.993. The monoisotopic (exact) mass is 268 g/mol. The van der Waals surface area contributed by atoms with Crippen LogP contribution in [0.3, 0.4) is 0 Å². The fourth-order valence-electron chi connectivity index (χ4n) is 2.00. The van der Waals surface area contributed by atoms with Crippen molar-refractivity contribution in [2.45, 2.75) is 26.2 Å². The third-order valence-corrected chi connectivity index (χ3v) is 4.20. The number of rotatable bonds is 1. The Kier molecular flexibility index (Phi) is 2.86. The quantitative estimate of drug-likeness (QED) is 0.641. The zero-order valence-corrected chi connectivity index (χ0v) is 12.2. The molecule has 3 aromatic rings. The summed E-state index contributed by atoms with van der Waals surface area (Å²) in [5.41, 5.74) is 3.44. The minimum Gasteiger partial charge on any atom is -0.254 e. The summed E-state index contributed by atoms with van der Waals surface area (Å²) >= 11 is 1.70. The predicted molar refractivity (Wildman–Crippen MR) is 81.6 cm³/mol. The highest BCUT2D eigenvalue weighted by atomic mass is 32.1. The van der Waals surface area contributed by atoms with Crippen LogP contribution in [0.25, 0.3) is 20.9 Å². The summed E-state index contributed by atoms with van der Waals surface area (Å²) in [7, 11) is 0. The molecule has 2 aromatic heterocycles. The molecule has 0 fully saturated rings. The maximum Gasteiger partial charge on any atom is 0.143 e. The lowest BCUT2D eigenvalue weighted by Gasteiger charge is -2.18. The van der Waals surface area contributed by atoms with Crippen molar-refractivity contribution in [1.29, 1.82) is 0 Å². The number of hydrogen-bond acceptors (Lipinski definition) is 3. The number of para-hydroxylation sites is 1. The molecular weight excluding hydrogens is 252 g/mol. The van der Waals surface area contributed by atoms with Crippen molar-refractivity contribution in [2.24, 2.45) is 0 Å². The Hall–Kier alpha value is -1.74. The molecule has 3 heteroatoms. The Morgan fingerprint density at radius 2 is 1.84 bits per heavy atom. The van der Waals surface area contributed by atoms with Crippen molar-refractivity contribution < 1.29 is 0 Å². The molecular formula is C16H16N2S. The highest BCUT2D eigenvalue weighted by Gasteiger charge is 2.15. The molecule has 0 amide bonds. The maximum atomic E-state index is 4.66. The molecule has 0 radical (unpaired) electrons. The topological polar surface area (TPSA) is 25.8 Å². The lowest BCUT2D eigenvalue weighted by molar-refractivity contribution is 0.589. The van der Waals surface area contributed by atoms with Gasteiger partial charge in [0.2, 0.25) is 0 Å². The number of benzene rings is 1. The highest BCUT2D eigenvalue weighted by Crippen LogP contribution is 2.31. The summed E-state index contributed by atoms with van der Waals surface area (Å²) in [6.45, 7) is 6.64. The van der Waals surface area contributed by atoms with Crippen LogP contribution in [0, 0.1) is 0 Å². The van der Waals surface area contributed by atoms with Gasteiger partial charge in [-0.2, -0.15) is 0 Å². The summed E-state index contributed by atoms with van der Waals surface area (Å²) < 4.78 is 1.21. The van der Waals surface area contributed by atoms with Crippen molar-refractivity contribution in [3.05, 3.63) is 48.2 Å². The van der Waals surface area contributed by atoms with Crippen LogP contribution in [-0.2, 0) is 5.41 Å². The van der Waals surface area contributed by atoms with Crippen LogP contribution in [-0.4, -0.2) is 9.97 Å². The second-order valence-corrected chi connectivity index (χ2v) is 6.70. The number of aromatic nitrogens is 2. The largest absolute Gasteiger partial charge is 0.254 e. The van der Waals surface area contributed by atoms with E-state index in [1.54, 1.807) is 11.3 Å². The Bertz CT molecular complexity index is 690. The minimum atomic E-state index is 0.133. The summed E-state index contributed by atoms with van der Waals surface area (Å²) in [5.74, 6) is 0. The van der Waals surface area contributed by atoms with Gasteiger partial charge in [-0.1, -0.05) is 32.9 Å². The zero-order chi connectivity index (χ0) is 13.5. The third-order valence-electron chi connectivity index (χ3n) is 3.14. The average Bonchev–Trinajstić information content (AvgIpc) is 2.81. The minimum absolute atomic E-state index is 0.133. The van der Waals surface area contributed by atoms with Crippen molar-refractivity contribution >= 4 is 21.6 Å². The van der Waals surface area contributed by atoms with Gasteiger partial charge in [-0.3, -0.25) is 4.98 Å². The van der Waals surface area contributed by atoms with E-state index in [9.17, 15) is 0 Å². The molecule has 0 saturated carbocycles. The molecule has 0 saturated heterocycles. The standard InChI is InChI=1S/C16H16N2S/c1-16(2,3)11-8-9-17-13(10-11)15-18-12-6-4-5-7-14(12)19-15/h4-10H,1-3H3. The van der Waals surface area contributed by atoms with E-state index in [1.165, 1.54) is 10.3 Å². The van der Waals surface area contributed by atoms with E-state index in [0.29, 0.717) is 0 Å². The van der Waals surface area contributed by atoms with Crippen LogP contribution in [0.15, 0.2) is 42.6 Å². The summed E-state index contributed by atoms with van der Waals surface area (Å²) in [6, 6.07) is 12.4. The molecule has 0 bridgehead atoms. The summed E-state index contributed by atoms with van der Waals surface area (Å²) in [4.78, 5) is 9.13. The Morgan fingerprint density at radius 3 is 2.58 bits per heavy atom. The van der Waals surface area contributed by atoms with Gasteiger partial charge in [0.25, 0.3) is 0 Å².